The van der Waals surface area contributed by atoms with Crippen molar-refractivity contribution in [2.75, 3.05) is 0 Å². The van der Waals surface area contributed by atoms with Gasteiger partial charge in [-0.05, 0) is 12.3 Å². The SMILES string of the molecule is C1=CCC=C1.CC.CCC(C)C. The Morgan fingerprint density at radius 3 is 1.50 bits per heavy atom. The summed E-state index contributed by atoms with van der Waals surface area (Å²) in [5, 5.41) is 0. The lowest BCUT2D eigenvalue weighted by molar-refractivity contribution is 0.626. The smallest absolute Gasteiger partial charge is 0.0163 e. The molecule has 0 radical (unpaired) electrons. The zero-order valence-corrected chi connectivity index (χ0v) is 9.30. The van der Waals surface area contributed by atoms with Crippen molar-refractivity contribution in [3.63, 3.8) is 0 Å². The minimum atomic E-state index is 0.884. The lowest BCUT2D eigenvalue weighted by Crippen LogP contribution is -1.77. The van der Waals surface area contributed by atoms with Crippen LogP contribution in [-0.4, -0.2) is 0 Å². The average molecular weight is 168 g/mol. The molecule has 0 amide bonds. The molecule has 0 heterocycles. The molecule has 0 heteroatoms. The Kier molecular flexibility index (Phi) is 15.3. The molecule has 0 aromatic rings. The second-order valence-corrected chi connectivity index (χ2v) is 2.89. The van der Waals surface area contributed by atoms with Gasteiger partial charge in [0.15, 0.2) is 0 Å². The van der Waals surface area contributed by atoms with Gasteiger partial charge in [0.25, 0.3) is 0 Å². The quantitative estimate of drug-likeness (QED) is 0.537. The molecular formula is C12H24. The summed E-state index contributed by atoms with van der Waals surface area (Å²) in [6.45, 7) is 10.6. The molecule has 1 rings (SSSR count). The third-order valence-corrected chi connectivity index (χ3v) is 1.47. The first-order valence-electron chi connectivity index (χ1n) is 5.09. The summed E-state index contributed by atoms with van der Waals surface area (Å²) in [5.41, 5.74) is 0. The Morgan fingerprint density at radius 2 is 1.42 bits per heavy atom. The van der Waals surface area contributed by atoms with E-state index < -0.39 is 0 Å². The highest BCUT2D eigenvalue weighted by atomic mass is 13.9. The molecule has 12 heavy (non-hydrogen) atoms. The van der Waals surface area contributed by atoms with Gasteiger partial charge in [-0.3, -0.25) is 0 Å². The molecule has 0 aromatic heterocycles. The van der Waals surface area contributed by atoms with Gasteiger partial charge in [0.05, 0.1) is 0 Å². The van der Waals surface area contributed by atoms with Crippen molar-refractivity contribution in [1.29, 1.82) is 0 Å². The number of hydrogen-bond acceptors (Lipinski definition) is 0. The van der Waals surface area contributed by atoms with Crippen LogP contribution in [0.15, 0.2) is 24.3 Å². The molecule has 0 atom stereocenters. The van der Waals surface area contributed by atoms with E-state index >= 15 is 0 Å². The van der Waals surface area contributed by atoms with Crippen LogP contribution in [0.1, 0.15) is 47.5 Å². The molecule has 0 unspecified atom stereocenters. The van der Waals surface area contributed by atoms with Crippen LogP contribution in [-0.2, 0) is 0 Å². The van der Waals surface area contributed by atoms with E-state index in [1.54, 1.807) is 0 Å². The largest absolute Gasteiger partial charge is 0.0808 e. The van der Waals surface area contributed by atoms with E-state index in [1.807, 2.05) is 13.8 Å². The molecule has 0 aromatic carbocycles. The summed E-state index contributed by atoms with van der Waals surface area (Å²) in [4.78, 5) is 0. The summed E-state index contributed by atoms with van der Waals surface area (Å²) in [5.74, 6) is 0.884. The van der Waals surface area contributed by atoms with Crippen LogP contribution in [0.2, 0.25) is 0 Å². The van der Waals surface area contributed by atoms with Crippen molar-refractivity contribution < 1.29 is 0 Å². The van der Waals surface area contributed by atoms with E-state index in [9.17, 15) is 0 Å². The monoisotopic (exact) mass is 168 g/mol. The van der Waals surface area contributed by atoms with Crippen LogP contribution in [0.4, 0.5) is 0 Å². The molecule has 0 bridgehead atoms. The van der Waals surface area contributed by atoms with Gasteiger partial charge in [-0.2, -0.15) is 0 Å². The van der Waals surface area contributed by atoms with Gasteiger partial charge in [-0.25, -0.2) is 0 Å². The molecule has 0 spiro atoms. The van der Waals surface area contributed by atoms with E-state index in [0.717, 1.165) is 12.3 Å². The molecule has 1 aliphatic carbocycles. The third kappa shape index (κ3) is 16.2. The first-order chi connectivity index (χ1) is 5.77. The first-order valence-corrected chi connectivity index (χ1v) is 5.09. The van der Waals surface area contributed by atoms with Crippen LogP contribution in [0.5, 0.6) is 0 Å². The van der Waals surface area contributed by atoms with Gasteiger partial charge in [0.2, 0.25) is 0 Å². The molecule has 0 saturated heterocycles. The summed E-state index contributed by atoms with van der Waals surface area (Å²) in [6.07, 6.45) is 10.8. The van der Waals surface area contributed by atoms with Crippen molar-refractivity contribution in [1.82, 2.24) is 0 Å². The zero-order valence-electron chi connectivity index (χ0n) is 9.30. The predicted molar refractivity (Wildman–Crippen MR) is 59.4 cm³/mol. The lowest BCUT2D eigenvalue weighted by atomic mass is 10.2. The first kappa shape index (κ1) is 14.0. The maximum atomic E-state index is 2.22. The molecule has 0 saturated carbocycles. The van der Waals surface area contributed by atoms with E-state index in [1.165, 1.54) is 6.42 Å². The van der Waals surface area contributed by atoms with E-state index in [2.05, 4.69) is 45.1 Å². The molecule has 0 N–H and O–H groups in total. The topological polar surface area (TPSA) is 0 Å². The summed E-state index contributed by atoms with van der Waals surface area (Å²) in [7, 11) is 0. The van der Waals surface area contributed by atoms with Gasteiger partial charge >= 0.3 is 0 Å². The fraction of sp³-hybridized carbons (Fsp3) is 0.667. The standard InChI is InChI=1S/C5H6.C5H12.C2H6/c1-2-4-5-3-1;1-4-5(2)3;1-2/h1-4H,5H2;5H,4H2,1-3H3;1-2H3. The Labute approximate surface area is 78.4 Å². The molecule has 0 nitrogen and oxygen atoms in total. The van der Waals surface area contributed by atoms with E-state index in [4.69, 9.17) is 0 Å². The predicted octanol–water partition coefficient (Wildman–Crippen LogP) is 4.58. The normalized spacial score (nSPS) is 11.8. The number of rotatable bonds is 1. The van der Waals surface area contributed by atoms with Crippen LogP contribution in [0.25, 0.3) is 0 Å². The Balaban J connectivity index is 0. The van der Waals surface area contributed by atoms with Gasteiger partial charge in [0, 0.05) is 0 Å². The Hall–Kier alpha value is -0.520. The maximum Gasteiger partial charge on any atom is -0.0163 e. The van der Waals surface area contributed by atoms with Crippen LogP contribution < -0.4 is 0 Å². The Bertz CT molecular complexity index is 97.2. The molecule has 0 fully saturated rings. The van der Waals surface area contributed by atoms with E-state index in [0.29, 0.717) is 0 Å². The van der Waals surface area contributed by atoms with E-state index in [-0.39, 0.29) is 0 Å². The highest BCUT2D eigenvalue weighted by Gasteiger charge is 1.80. The second-order valence-electron chi connectivity index (χ2n) is 2.89. The minimum Gasteiger partial charge on any atom is -0.0808 e. The van der Waals surface area contributed by atoms with Crippen molar-refractivity contribution in [2.45, 2.75) is 47.5 Å². The van der Waals surface area contributed by atoms with Gasteiger partial charge in [-0.15, -0.1) is 0 Å². The third-order valence-electron chi connectivity index (χ3n) is 1.47. The van der Waals surface area contributed by atoms with Gasteiger partial charge < -0.3 is 0 Å². The number of allylic oxidation sites excluding steroid dienone is 4. The summed E-state index contributed by atoms with van der Waals surface area (Å²) < 4.78 is 0. The van der Waals surface area contributed by atoms with Crippen LogP contribution in [0, 0.1) is 5.92 Å². The van der Waals surface area contributed by atoms with Crippen molar-refractivity contribution in [3.8, 4) is 0 Å². The van der Waals surface area contributed by atoms with Crippen molar-refractivity contribution in [2.24, 2.45) is 5.92 Å². The molecule has 0 aliphatic heterocycles. The highest BCUT2D eigenvalue weighted by Crippen LogP contribution is 1.94. The van der Waals surface area contributed by atoms with Gasteiger partial charge in [0.1, 0.15) is 0 Å². The van der Waals surface area contributed by atoms with Crippen molar-refractivity contribution >= 4 is 0 Å². The lowest BCUT2D eigenvalue weighted by Gasteiger charge is -1.90. The number of hydrogen-bond donors (Lipinski definition) is 0. The second kappa shape index (κ2) is 13.1. The summed E-state index contributed by atoms with van der Waals surface area (Å²) >= 11 is 0. The fourth-order valence-electron chi connectivity index (χ4n) is 0.393. The fourth-order valence-corrected chi connectivity index (χ4v) is 0.393. The van der Waals surface area contributed by atoms with Crippen molar-refractivity contribution in [3.05, 3.63) is 24.3 Å². The molecular weight excluding hydrogens is 144 g/mol. The average Bonchev–Trinajstić information content (AvgIpc) is 2.65. The van der Waals surface area contributed by atoms with Gasteiger partial charge in [-0.1, -0.05) is 65.3 Å². The minimum absolute atomic E-state index is 0.884. The summed E-state index contributed by atoms with van der Waals surface area (Å²) in [6, 6.07) is 0. The highest BCUT2D eigenvalue weighted by molar-refractivity contribution is 5.11. The molecule has 1 aliphatic rings. The zero-order chi connectivity index (χ0) is 9.82. The maximum absolute atomic E-state index is 2.22. The molecule has 72 valence electrons. The Morgan fingerprint density at radius 1 is 1.08 bits per heavy atom. The van der Waals surface area contributed by atoms with Crippen LogP contribution in [0.3, 0.4) is 0 Å². The van der Waals surface area contributed by atoms with Crippen LogP contribution >= 0.6 is 0 Å².